The number of aromatic nitrogens is 1. The van der Waals surface area contributed by atoms with Gasteiger partial charge in [0.2, 0.25) is 5.91 Å². The van der Waals surface area contributed by atoms with Crippen molar-refractivity contribution in [3.63, 3.8) is 0 Å². The van der Waals surface area contributed by atoms with Crippen molar-refractivity contribution in [1.82, 2.24) is 9.88 Å². The molecule has 5 nitrogen and oxygen atoms in total. The molecule has 1 saturated carbocycles. The van der Waals surface area contributed by atoms with Gasteiger partial charge in [-0.15, -0.1) is 11.3 Å². The number of piperidine rings is 1. The van der Waals surface area contributed by atoms with E-state index in [4.69, 9.17) is 0 Å². The summed E-state index contributed by atoms with van der Waals surface area (Å²) in [6.07, 6.45) is 2.91. The van der Waals surface area contributed by atoms with Crippen LogP contribution in [0, 0.1) is 19.3 Å². The summed E-state index contributed by atoms with van der Waals surface area (Å²) in [6.45, 7) is 5.35. The molecule has 21 heavy (non-hydrogen) atoms. The zero-order valence-electron chi connectivity index (χ0n) is 12.4. The largest absolute Gasteiger partial charge is 0.480 e. The van der Waals surface area contributed by atoms with Crippen LogP contribution in [0.5, 0.6) is 0 Å². The molecule has 114 valence electrons. The zero-order chi connectivity index (χ0) is 15.2. The van der Waals surface area contributed by atoms with Crippen molar-refractivity contribution in [2.75, 3.05) is 13.1 Å². The number of likely N-dealkylation sites (tertiary alicyclic amines) is 1. The first-order valence-corrected chi connectivity index (χ1v) is 8.22. The molecule has 1 aliphatic carbocycles. The van der Waals surface area contributed by atoms with Crippen molar-refractivity contribution in [1.29, 1.82) is 0 Å². The maximum atomic E-state index is 12.5. The van der Waals surface area contributed by atoms with Crippen LogP contribution in [0.4, 0.5) is 0 Å². The average molecular weight is 308 g/mol. The average Bonchev–Trinajstić information content (AvgIpc) is 3.21. The van der Waals surface area contributed by atoms with E-state index in [0.717, 1.165) is 23.5 Å². The van der Waals surface area contributed by atoms with E-state index in [1.807, 2.05) is 6.92 Å². The normalized spacial score (nSPS) is 23.9. The number of carbonyl (C=O) groups excluding carboxylic acids is 1. The van der Waals surface area contributed by atoms with Crippen LogP contribution in [0.25, 0.3) is 0 Å². The Morgan fingerprint density at radius 2 is 2.10 bits per heavy atom. The first-order valence-electron chi connectivity index (χ1n) is 7.41. The summed E-state index contributed by atoms with van der Waals surface area (Å²) in [4.78, 5) is 31.4. The smallest absolute Gasteiger partial charge is 0.319 e. The summed E-state index contributed by atoms with van der Waals surface area (Å²) in [5, 5.41) is 10.4. The third-order valence-electron chi connectivity index (χ3n) is 4.67. The van der Waals surface area contributed by atoms with E-state index in [0.29, 0.717) is 25.9 Å². The Balaban J connectivity index is 1.74. The van der Waals surface area contributed by atoms with Gasteiger partial charge in [0.15, 0.2) is 0 Å². The summed E-state index contributed by atoms with van der Waals surface area (Å²) < 4.78 is 0. The molecular formula is C15H20N2O3S. The fraction of sp³-hybridized carbons (Fsp3) is 0.667. The third kappa shape index (κ3) is 2.46. The summed E-state index contributed by atoms with van der Waals surface area (Å²) in [5.41, 5.74) is -0.0565. The Morgan fingerprint density at radius 1 is 1.38 bits per heavy atom. The van der Waals surface area contributed by atoms with Gasteiger partial charge in [-0.05, 0) is 39.5 Å². The molecule has 1 saturated heterocycles. The van der Waals surface area contributed by atoms with Gasteiger partial charge in [-0.2, -0.15) is 0 Å². The highest BCUT2D eigenvalue weighted by Gasteiger charge is 2.58. The number of carbonyl (C=O) groups is 2. The number of aryl methyl sites for hydroxylation is 2. The van der Waals surface area contributed by atoms with Gasteiger partial charge >= 0.3 is 5.97 Å². The fourth-order valence-electron chi connectivity index (χ4n) is 2.98. The Labute approximate surface area is 128 Å². The molecule has 1 atom stereocenters. The molecule has 1 amide bonds. The number of nitrogens with zero attached hydrogens (tertiary/aromatic N) is 2. The number of hydrogen-bond donors (Lipinski definition) is 1. The van der Waals surface area contributed by atoms with Gasteiger partial charge in [-0.3, -0.25) is 9.59 Å². The van der Waals surface area contributed by atoms with Crippen LogP contribution in [0.3, 0.4) is 0 Å². The van der Waals surface area contributed by atoms with E-state index in [1.54, 1.807) is 16.2 Å². The molecular weight excluding hydrogens is 288 g/mol. The first-order chi connectivity index (χ1) is 9.94. The molecule has 1 unspecified atom stereocenters. The van der Waals surface area contributed by atoms with Crippen molar-refractivity contribution < 1.29 is 14.7 Å². The number of hydrogen-bond acceptors (Lipinski definition) is 4. The Bertz CT molecular complexity index is 572. The Morgan fingerprint density at radius 3 is 2.62 bits per heavy atom. The van der Waals surface area contributed by atoms with Crippen molar-refractivity contribution in [2.45, 2.75) is 45.4 Å². The lowest BCUT2D eigenvalue weighted by molar-refractivity contribution is -0.154. The van der Waals surface area contributed by atoms with Crippen LogP contribution >= 0.6 is 11.3 Å². The standard InChI is InChI=1S/C15H20N2O3S/c1-9-10(2)21-12(16-9)11-4-3-7-17(8-11)13(18)15(5-6-15)14(19)20/h11H,3-8H2,1-2H3,(H,19,20). The van der Waals surface area contributed by atoms with Crippen molar-refractivity contribution >= 4 is 23.2 Å². The summed E-state index contributed by atoms with van der Waals surface area (Å²) >= 11 is 1.70. The molecule has 2 fully saturated rings. The molecule has 1 aliphatic heterocycles. The van der Waals surface area contributed by atoms with E-state index in [-0.39, 0.29) is 11.8 Å². The van der Waals surface area contributed by atoms with Crippen LogP contribution in [0.1, 0.15) is 47.2 Å². The van der Waals surface area contributed by atoms with Gasteiger partial charge in [0.05, 0.1) is 10.7 Å². The van der Waals surface area contributed by atoms with E-state index in [1.165, 1.54) is 4.88 Å². The molecule has 0 aromatic carbocycles. The number of rotatable bonds is 3. The van der Waals surface area contributed by atoms with Crippen LogP contribution in [-0.2, 0) is 9.59 Å². The number of amides is 1. The summed E-state index contributed by atoms with van der Waals surface area (Å²) in [5.74, 6) is -0.898. The molecule has 2 heterocycles. The van der Waals surface area contributed by atoms with Crippen LogP contribution in [0.15, 0.2) is 0 Å². The molecule has 1 aromatic heterocycles. The van der Waals surface area contributed by atoms with Crippen LogP contribution in [0.2, 0.25) is 0 Å². The quantitative estimate of drug-likeness (QED) is 0.870. The first kappa shape index (κ1) is 14.5. The highest BCUT2D eigenvalue weighted by atomic mass is 32.1. The molecule has 3 rings (SSSR count). The minimum atomic E-state index is -1.11. The number of carboxylic acids is 1. The highest BCUT2D eigenvalue weighted by molar-refractivity contribution is 7.11. The van der Waals surface area contributed by atoms with Gasteiger partial charge < -0.3 is 10.0 Å². The zero-order valence-corrected chi connectivity index (χ0v) is 13.2. The van der Waals surface area contributed by atoms with E-state index >= 15 is 0 Å². The topological polar surface area (TPSA) is 70.5 Å². The Kier molecular flexibility index (Phi) is 3.51. The summed E-state index contributed by atoms with van der Waals surface area (Å²) in [7, 11) is 0. The predicted octanol–water partition coefficient (Wildman–Crippen LogP) is 2.33. The molecule has 6 heteroatoms. The van der Waals surface area contributed by atoms with Crippen molar-refractivity contribution in [3.05, 3.63) is 15.6 Å². The molecule has 0 bridgehead atoms. The highest BCUT2D eigenvalue weighted by Crippen LogP contribution is 2.48. The molecule has 1 N–H and O–H groups in total. The van der Waals surface area contributed by atoms with Gasteiger partial charge in [0, 0.05) is 23.9 Å². The third-order valence-corrected chi connectivity index (χ3v) is 5.91. The van der Waals surface area contributed by atoms with Crippen molar-refractivity contribution in [3.8, 4) is 0 Å². The second-order valence-corrected chi connectivity index (χ2v) is 7.41. The van der Waals surface area contributed by atoms with Crippen LogP contribution < -0.4 is 0 Å². The second kappa shape index (κ2) is 5.09. The minimum absolute atomic E-state index is 0.190. The minimum Gasteiger partial charge on any atom is -0.480 e. The molecule has 2 aliphatic rings. The number of carboxylic acid groups (broad SMARTS) is 1. The van der Waals surface area contributed by atoms with E-state index in [2.05, 4.69) is 11.9 Å². The van der Waals surface area contributed by atoms with Gasteiger partial charge in [-0.25, -0.2) is 4.98 Å². The number of aliphatic carboxylic acids is 1. The molecule has 0 spiro atoms. The maximum Gasteiger partial charge on any atom is 0.319 e. The second-order valence-electron chi connectivity index (χ2n) is 6.17. The Hall–Kier alpha value is -1.43. The lowest BCUT2D eigenvalue weighted by Gasteiger charge is -2.33. The molecule has 1 aromatic rings. The molecule has 0 radical (unpaired) electrons. The lowest BCUT2D eigenvalue weighted by atomic mass is 9.96. The van der Waals surface area contributed by atoms with Gasteiger partial charge in [0.1, 0.15) is 5.41 Å². The lowest BCUT2D eigenvalue weighted by Crippen LogP contribution is -2.45. The van der Waals surface area contributed by atoms with Crippen LogP contribution in [-0.4, -0.2) is 40.0 Å². The summed E-state index contributed by atoms with van der Waals surface area (Å²) in [6, 6.07) is 0. The van der Waals surface area contributed by atoms with E-state index in [9.17, 15) is 14.7 Å². The SMILES string of the molecule is Cc1nc(C2CCCN(C(=O)C3(C(=O)O)CC3)C2)sc1C. The number of thiazole rings is 1. The van der Waals surface area contributed by atoms with E-state index < -0.39 is 11.4 Å². The van der Waals surface area contributed by atoms with Gasteiger partial charge in [-0.1, -0.05) is 0 Å². The van der Waals surface area contributed by atoms with Gasteiger partial charge in [0.25, 0.3) is 0 Å². The predicted molar refractivity (Wildman–Crippen MR) is 79.4 cm³/mol. The fourth-order valence-corrected chi connectivity index (χ4v) is 4.03. The van der Waals surface area contributed by atoms with Crippen molar-refractivity contribution in [2.24, 2.45) is 5.41 Å². The monoisotopic (exact) mass is 308 g/mol. The maximum absolute atomic E-state index is 12.5.